The van der Waals surface area contributed by atoms with Crippen molar-refractivity contribution in [1.82, 2.24) is 9.78 Å². The fraction of sp³-hybridized carbons (Fsp3) is 0.158. The minimum absolute atomic E-state index is 0.194. The number of aryl methyl sites for hydroxylation is 1. The van der Waals surface area contributed by atoms with Gasteiger partial charge >= 0.3 is 0 Å². The predicted molar refractivity (Wildman–Crippen MR) is 98.6 cm³/mol. The van der Waals surface area contributed by atoms with Crippen LogP contribution in [0, 0.1) is 13.8 Å². The molecule has 26 heavy (non-hydrogen) atoms. The van der Waals surface area contributed by atoms with E-state index in [1.807, 2.05) is 26.0 Å². The number of benzene rings is 2. The standard InChI is InChI=1S/C19H16ClN3O3/c1-11-18(20)12(2)23(22-11)15-5-3-4-13(8-15)19(24)21-14-6-7-16-17(9-14)26-10-25-16/h3-9H,10H2,1-2H3,(H,21,24). The highest BCUT2D eigenvalue weighted by molar-refractivity contribution is 6.31. The van der Waals surface area contributed by atoms with E-state index in [0.717, 1.165) is 17.1 Å². The van der Waals surface area contributed by atoms with E-state index in [1.54, 1.807) is 35.0 Å². The van der Waals surface area contributed by atoms with Gasteiger partial charge in [-0.1, -0.05) is 17.7 Å². The molecule has 0 saturated heterocycles. The lowest BCUT2D eigenvalue weighted by atomic mass is 10.1. The van der Waals surface area contributed by atoms with Gasteiger partial charge in [0.25, 0.3) is 5.91 Å². The van der Waals surface area contributed by atoms with Crippen LogP contribution >= 0.6 is 11.6 Å². The zero-order chi connectivity index (χ0) is 18.3. The van der Waals surface area contributed by atoms with Gasteiger partial charge in [-0.2, -0.15) is 5.10 Å². The molecule has 0 unspecified atom stereocenters. The molecule has 0 fully saturated rings. The molecule has 6 nitrogen and oxygen atoms in total. The second-order valence-corrected chi connectivity index (χ2v) is 6.35. The molecular formula is C19H16ClN3O3. The molecule has 0 spiro atoms. The number of fused-ring (bicyclic) bond motifs is 1. The maximum Gasteiger partial charge on any atom is 0.255 e. The van der Waals surface area contributed by atoms with Crippen molar-refractivity contribution in [2.24, 2.45) is 0 Å². The highest BCUT2D eigenvalue weighted by Crippen LogP contribution is 2.34. The fourth-order valence-corrected chi connectivity index (χ4v) is 2.95. The molecule has 2 aromatic carbocycles. The lowest BCUT2D eigenvalue weighted by molar-refractivity contribution is 0.102. The Labute approximate surface area is 155 Å². The molecule has 1 aliphatic rings. The minimum Gasteiger partial charge on any atom is -0.454 e. The molecule has 0 saturated carbocycles. The van der Waals surface area contributed by atoms with E-state index in [1.165, 1.54) is 0 Å². The van der Waals surface area contributed by atoms with Crippen molar-refractivity contribution >= 4 is 23.2 Å². The van der Waals surface area contributed by atoms with Crippen molar-refractivity contribution in [3.05, 3.63) is 64.4 Å². The van der Waals surface area contributed by atoms with Crippen molar-refractivity contribution in [1.29, 1.82) is 0 Å². The van der Waals surface area contributed by atoms with E-state index in [9.17, 15) is 4.79 Å². The van der Waals surface area contributed by atoms with E-state index in [4.69, 9.17) is 21.1 Å². The number of halogens is 1. The van der Waals surface area contributed by atoms with Gasteiger partial charge in [0.05, 0.1) is 22.1 Å². The summed E-state index contributed by atoms with van der Waals surface area (Å²) in [6.45, 7) is 3.93. The van der Waals surface area contributed by atoms with E-state index < -0.39 is 0 Å². The van der Waals surface area contributed by atoms with Crippen LogP contribution in [-0.4, -0.2) is 22.5 Å². The van der Waals surface area contributed by atoms with E-state index in [0.29, 0.717) is 27.8 Å². The van der Waals surface area contributed by atoms with Crippen LogP contribution in [0.4, 0.5) is 5.69 Å². The topological polar surface area (TPSA) is 65.4 Å². The number of anilines is 1. The molecule has 1 N–H and O–H groups in total. The van der Waals surface area contributed by atoms with Gasteiger partial charge in [-0.25, -0.2) is 4.68 Å². The first-order valence-corrected chi connectivity index (χ1v) is 8.44. The quantitative estimate of drug-likeness (QED) is 0.754. The third kappa shape index (κ3) is 2.88. The average molecular weight is 370 g/mol. The van der Waals surface area contributed by atoms with Crippen molar-refractivity contribution in [3.8, 4) is 17.2 Å². The Hall–Kier alpha value is -2.99. The first-order chi connectivity index (χ1) is 12.5. The highest BCUT2D eigenvalue weighted by atomic mass is 35.5. The Morgan fingerprint density at radius 1 is 1.15 bits per heavy atom. The number of nitrogens with zero attached hydrogens (tertiary/aromatic N) is 2. The van der Waals surface area contributed by atoms with E-state index >= 15 is 0 Å². The monoisotopic (exact) mass is 369 g/mol. The van der Waals surface area contributed by atoms with Crippen LogP contribution in [0.25, 0.3) is 5.69 Å². The van der Waals surface area contributed by atoms with Crippen LogP contribution in [0.3, 0.4) is 0 Å². The Morgan fingerprint density at radius 3 is 2.73 bits per heavy atom. The molecule has 7 heteroatoms. The van der Waals surface area contributed by atoms with Crippen LogP contribution in [0.15, 0.2) is 42.5 Å². The van der Waals surface area contributed by atoms with Gasteiger partial charge in [0.15, 0.2) is 11.5 Å². The lowest BCUT2D eigenvalue weighted by Gasteiger charge is -2.09. The van der Waals surface area contributed by atoms with Crippen molar-refractivity contribution in [3.63, 3.8) is 0 Å². The number of amides is 1. The SMILES string of the molecule is Cc1nn(-c2cccc(C(=O)Nc3ccc4c(c3)OCO4)c2)c(C)c1Cl. The molecular weight excluding hydrogens is 354 g/mol. The summed E-state index contributed by atoms with van der Waals surface area (Å²) >= 11 is 6.22. The molecule has 132 valence electrons. The number of aromatic nitrogens is 2. The lowest BCUT2D eigenvalue weighted by Crippen LogP contribution is -2.12. The summed E-state index contributed by atoms with van der Waals surface area (Å²) in [5, 5.41) is 7.92. The third-order valence-electron chi connectivity index (χ3n) is 4.19. The summed E-state index contributed by atoms with van der Waals surface area (Å²) in [5.74, 6) is 1.07. The first-order valence-electron chi connectivity index (χ1n) is 8.06. The van der Waals surface area contributed by atoms with Gasteiger partial charge in [0.1, 0.15) is 0 Å². The van der Waals surface area contributed by atoms with E-state index in [-0.39, 0.29) is 12.7 Å². The fourth-order valence-electron chi connectivity index (χ4n) is 2.83. The van der Waals surface area contributed by atoms with Crippen molar-refractivity contribution in [2.75, 3.05) is 12.1 Å². The van der Waals surface area contributed by atoms with Gasteiger partial charge in [-0.3, -0.25) is 4.79 Å². The third-order valence-corrected chi connectivity index (χ3v) is 4.73. The van der Waals surface area contributed by atoms with Gasteiger partial charge in [-0.15, -0.1) is 0 Å². The summed E-state index contributed by atoms with van der Waals surface area (Å²) < 4.78 is 12.3. The molecule has 1 aromatic heterocycles. The average Bonchev–Trinajstić information content (AvgIpc) is 3.21. The van der Waals surface area contributed by atoms with Gasteiger partial charge in [0.2, 0.25) is 6.79 Å². The number of rotatable bonds is 3. The number of ether oxygens (including phenoxy) is 2. The maximum atomic E-state index is 12.6. The highest BCUT2D eigenvalue weighted by Gasteiger charge is 2.16. The first kappa shape index (κ1) is 16.5. The minimum atomic E-state index is -0.224. The van der Waals surface area contributed by atoms with Crippen LogP contribution in [-0.2, 0) is 0 Å². The maximum absolute atomic E-state index is 12.6. The van der Waals surface area contributed by atoms with Crippen LogP contribution in [0.1, 0.15) is 21.7 Å². The summed E-state index contributed by atoms with van der Waals surface area (Å²) in [6, 6.07) is 12.5. The molecule has 0 aliphatic carbocycles. The smallest absolute Gasteiger partial charge is 0.255 e. The van der Waals surface area contributed by atoms with Gasteiger partial charge in [-0.05, 0) is 44.2 Å². The van der Waals surface area contributed by atoms with Crippen LogP contribution in [0.2, 0.25) is 5.02 Å². The number of nitrogens with one attached hydrogen (secondary N) is 1. The molecule has 2 heterocycles. The van der Waals surface area contributed by atoms with Gasteiger partial charge in [0, 0.05) is 17.3 Å². The number of carbonyl (C=O) groups excluding carboxylic acids is 1. The summed E-state index contributed by atoms with van der Waals surface area (Å²) in [7, 11) is 0. The Bertz CT molecular complexity index is 1010. The Morgan fingerprint density at radius 2 is 1.96 bits per heavy atom. The molecule has 1 aliphatic heterocycles. The number of hydrogen-bond donors (Lipinski definition) is 1. The number of hydrogen-bond acceptors (Lipinski definition) is 4. The molecule has 4 rings (SSSR count). The molecule has 0 bridgehead atoms. The molecule has 0 atom stereocenters. The second kappa shape index (κ2) is 6.38. The summed E-state index contributed by atoms with van der Waals surface area (Å²) in [6.07, 6.45) is 0. The molecule has 0 radical (unpaired) electrons. The Balaban J connectivity index is 1.60. The van der Waals surface area contributed by atoms with Crippen molar-refractivity contribution in [2.45, 2.75) is 13.8 Å². The largest absolute Gasteiger partial charge is 0.454 e. The normalized spacial score (nSPS) is 12.3. The number of carbonyl (C=O) groups is 1. The van der Waals surface area contributed by atoms with Crippen LogP contribution < -0.4 is 14.8 Å². The van der Waals surface area contributed by atoms with Crippen molar-refractivity contribution < 1.29 is 14.3 Å². The zero-order valence-corrected chi connectivity index (χ0v) is 15.0. The zero-order valence-electron chi connectivity index (χ0n) is 14.2. The van der Waals surface area contributed by atoms with Gasteiger partial charge < -0.3 is 14.8 Å². The second-order valence-electron chi connectivity index (χ2n) is 5.97. The summed E-state index contributed by atoms with van der Waals surface area (Å²) in [5.41, 5.74) is 3.51. The predicted octanol–water partition coefficient (Wildman–Crippen LogP) is 4.12. The Kier molecular flexibility index (Phi) is 4.05. The van der Waals surface area contributed by atoms with E-state index in [2.05, 4.69) is 10.4 Å². The van der Waals surface area contributed by atoms with Crippen LogP contribution in [0.5, 0.6) is 11.5 Å². The molecule has 1 amide bonds. The molecule has 3 aromatic rings. The summed E-state index contributed by atoms with van der Waals surface area (Å²) in [4.78, 5) is 12.6.